The first kappa shape index (κ1) is 41.1. The lowest BCUT2D eigenvalue weighted by molar-refractivity contribution is 0.0592. The minimum Gasteiger partial charge on any atom is -0.465 e. The van der Waals surface area contributed by atoms with E-state index in [1.54, 1.807) is 49.4 Å². The lowest BCUT2D eigenvalue weighted by Gasteiger charge is -2.14. The van der Waals surface area contributed by atoms with Crippen LogP contribution in [0.5, 0.6) is 23.3 Å². The van der Waals surface area contributed by atoms with Crippen molar-refractivity contribution in [2.24, 2.45) is 0 Å². The summed E-state index contributed by atoms with van der Waals surface area (Å²) in [5.41, 5.74) is 4.47. The summed E-state index contributed by atoms with van der Waals surface area (Å²) >= 11 is 6.45. The van der Waals surface area contributed by atoms with Crippen molar-refractivity contribution in [3.05, 3.63) is 116 Å². The number of aromatic nitrogens is 8. The van der Waals surface area contributed by atoms with Gasteiger partial charge in [-0.3, -0.25) is 0 Å². The number of halogens is 4. The van der Waals surface area contributed by atoms with Gasteiger partial charge in [0.2, 0.25) is 4.73 Å². The first-order valence-electron chi connectivity index (χ1n) is 16.4. The molecule has 16 nitrogen and oxygen atoms in total. The lowest BCUT2D eigenvalue weighted by atomic mass is 10.1. The second-order valence-electron chi connectivity index (χ2n) is 11.7. The third-order valence-corrected chi connectivity index (χ3v) is 8.75. The number of anilines is 2. The Labute approximate surface area is 335 Å². The molecule has 0 fully saturated rings. The number of hydrogen-bond acceptors (Lipinski definition) is 14. The van der Waals surface area contributed by atoms with E-state index in [9.17, 15) is 18.4 Å². The van der Waals surface area contributed by atoms with Crippen LogP contribution in [0.2, 0.25) is 0 Å². The Bertz CT molecular complexity index is 2360. The number of ether oxygens (including phenoxy) is 4. The van der Waals surface area contributed by atoms with Gasteiger partial charge in [-0.2, -0.15) is 10.1 Å². The van der Waals surface area contributed by atoms with Crippen LogP contribution in [0.25, 0.3) is 0 Å². The molecule has 292 valence electrons. The van der Waals surface area contributed by atoms with Crippen molar-refractivity contribution in [3.63, 3.8) is 0 Å². The summed E-state index contributed by atoms with van der Waals surface area (Å²) in [5.74, 6) is -2.17. The number of carbonyl (C=O) groups excluding carboxylic acids is 2. The van der Waals surface area contributed by atoms with Crippen molar-refractivity contribution in [1.29, 1.82) is 0 Å². The van der Waals surface area contributed by atoms with Gasteiger partial charge in [0.15, 0.2) is 16.4 Å². The van der Waals surface area contributed by atoms with Gasteiger partial charge in [0.1, 0.15) is 24.2 Å². The third-order valence-electron chi connectivity index (χ3n) is 7.83. The van der Waals surface area contributed by atoms with Gasteiger partial charge >= 0.3 is 11.9 Å². The molecular weight excluding hydrogens is 866 g/mol. The molecule has 0 aliphatic carbocycles. The fraction of sp³-hybridized carbons (Fsp3) is 0.222. The number of nitrogens with one attached hydrogen (secondary N) is 2. The molecule has 0 saturated heterocycles. The highest BCUT2D eigenvalue weighted by Crippen LogP contribution is 2.32. The van der Waals surface area contributed by atoms with E-state index < -0.39 is 23.6 Å². The van der Waals surface area contributed by atoms with Gasteiger partial charge in [-0.1, -0.05) is 0 Å². The third kappa shape index (κ3) is 9.99. The molecule has 4 aromatic heterocycles. The summed E-state index contributed by atoms with van der Waals surface area (Å²) in [5, 5.41) is 14.0. The number of carbonyl (C=O) groups is 2. The van der Waals surface area contributed by atoms with E-state index in [-0.39, 0.29) is 35.4 Å². The van der Waals surface area contributed by atoms with Gasteiger partial charge in [-0.05, 0) is 104 Å². The van der Waals surface area contributed by atoms with Crippen LogP contribution < -0.4 is 20.1 Å². The molecule has 0 atom stereocenters. The Balaban J connectivity index is 0.000000215. The van der Waals surface area contributed by atoms with Gasteiger partial charge in [0.25, 0.3) is 11.8 Å². The fourth-order valence-electron chi connectivity index (χ4n) is 5.38. The van der Waals surface area contributed by atoms with Crippen molar-refractivity contribution in [2.75, 3.05) is 38.9 Å². The molecule has 4 heterocycles. The number of rotatable bonds is 12. The van der Waals surface area contributed by atoms with Crippen LogP contribution >= 0.6 is 31.9 Å². The van der Waals surface area contributed by atoms with Crippen LogP contribution in [0.3, 0.4) is 0 Å². The van der Waals surface area contributed by atoms with E-state index in [2.05, 4.69) is 72.6 Å². The number of hydrogen-bond donors (Lipinski definition) is 2. The maximum atomic E-state index is 14.6. The van der Waals surface area contributed by atoms with Gasteiger partial charge in [-0.25, -0.2) is 42.7 Å². The largest absolute Gasteiger partial charge is 0.465 e. The molecule has 6 aromatic rings. The number of aryl methyl sites for hydroxylation is 2. The number of nitrogens with zero attached hydrogens (tertiary/aromatic N) is 8. The van der Waals surface area contributed by atoms with E-state index >= 15 is 0 Å². The first-order chi connectivity index (χ1) is 26.8. The number of methoxy groups -OCH3 is 2. The average molecular weight is 901 g/mol. The van der Waals surface area contributed by atoms with E-state index in [4.69, 9.17) is 18.9 Å². The molecule has 6 rings (SSSR count). The fourth-order valence-corrected chi connectivity index (χ4v) is 6.35. The Kier molecular flexibility index (Phi) is 13.6. The summed E-state index contributed by atoms with van der Waals surface area (Å²) in [7, 11) is 5.97. The van der Waals surface area contributed by atoms with Crippen LogP contribution in [0.1, 0.15) is 43.0 Å². The van der Waals surface area contributed by atoms with Crippen molar-refractivity contribution >= 4 is 55.2 Å². The molecule has 0 unspecified atom stereocenters. The molecule has 0 bridgehead atoms. The lowest BCUT2D eigenvalue weighted by Crippen LogP contribution is -2.08. The molecule has 0 aliphatic rings. The van der Waals surface area contributed by atoms with Gasteiger partial charge < -0.3 is 29.6 Å². The molecular formula is C36H34Br2F2N10O6. The number of benzene rings is 2. The second-order valence-corrected chi connectivity index (χ2v) is 13.1. The normalized spacial score (nSPS) is 10.6. The van der Waals surface area contributed by atoms with Crippen LogP contribution in [0.4, 0.5) is 20.2 Å². The Hall–Kier alpha value is -6.02. The maximum absolute atomic E-state index is 14.6. The quantitative estimate of drug-likeness (QED) is 0.119. The zero-order valence-electron chi connectivity index (χ0n) is 30.7. The molecule has 2 N–H and O–H groups in total. The minimum atomic E-state index is -0.646. The molecule has 20 heteroatoms. The monoisotopic (exact) mass is 898 g/mol. The van der Waals surface area contributed by atoms with Crippen LogP contribution in [0, 0.1) is 25.5 Å². The summed E-state index contributed by atoms with van der Waals surface area (Å²) < 4.78 is 53.7. The van der Waals surface area contributed by atoms with Crippen molar-refractivity contribution < 1.29 is 37.3 Å². The highest BCUT2D eigenvalue weighted by atomic mass is 79.9. The van der Waals surface area contributed by atoms with E-state index in [0.29, 0.717) is 44.1 Å². The summed E-state index contributed by atoms with van der Waals surface area (Å²) in [6.45, 7) is 4.21. The predicted octanol–water partition coefficient (Wildman–Crippen LogP) is 7.10. The zero-order valence-corrected chi connectivity index (χ0v) is 33.9. The molecule has 0 spiro atoms. The minimum absolute atomic E-state index is 0.190. The smallest absolute Gasteiger partial charge is 0.340 e. The summed E-state index contributed by atoms with van der Waals surface area (Å²) in [6, 6.07) is 8.94. The second kappa shape index (κ2) is 18.5. The van der Waals surface area contributed by atoms with E-state index in [1.807, 2.05) is 0 Å². The van der Waals surface area contributed by atoms with E-state index in [1.165, 1.54) is 63.5 Å². The molecule has 0 saturated carbocycles. The van der Waals surface area contributed by atoms with E-state index in [0.717, 1.165) is 11.1 Å². The summed E-state index contributed by atoms with van der Waals surface area (Å²) in [4.78, 5) is 40.0. The zero-order chi connectivity index (χ0) is 40.5. The van der Waals surface area contributed by atoms with Crippen molar-refractivity contribution in [3.8, 4) is 23.3 Å². The number of pyridine rings is 2. The van der Waals surface area contributed by atoms with Crippen molar-refractivity contribution in [1.82, 2.24) is 39.5 Å². The molecule has 0 amide bonds. The van der Waals surface area contributed by atoms with Gasteiger partial charge in [0, 0.05) is 26.5 Å². The summed E-state index contributed by atoms with van der Waals surface area (Å²) in [6.07, 6.45) is 5.91. The highest BCUT2D eigenvalue weighted by Gasteiger charge is 2.19. The topological polar surface area (TPSA) is 182 Å². The van der Waals surface area contributed by atoms with Gasteiger partial charge in [0.05, 0.1) is 49.8 Å². The SMILES string of the molecule is CNc1c(C)cc(Oc2ncc(Cn3cncn3)cc2F)cc1C(=O)OC.CNc1c(C)cc(Oc2ncc(Cn3nc(Br)nc3Br)cc2F)cc1C(=O)OC. The Morgan fingerprint density at radius 1 is 0.768 bits per heavy atom. The molecule has 56 heavy (non-hydrogen) atoms. The Morgan fingerprint density at radius 2 is 1.27 bits per heavy atom. The van der Waals surface area contributed by atoms with Crippen LogP contribution in [-0.2, 0) is 22.6 Å². The van der Waals surface area contributed by atoms with Crippen LogP contribution in [0.15, 0.2) is 70.9 Å². The first-order valence-corrected chi connectivity index (χ1v) is 18.0. The van der Waals surface area contributed by atoms with Gasteiger partial charge in [-0.15, -0.1) is 5.10 Å². The molecule has 2 aromatic carbocycles. The average Bonchev–Trinajstić information content (AvgIpc) is 3.80. The Morgan fingerprint density at radius 3 is 1.66 bits per heavy atom. The standard InChI is InChI=1S/C18H16Br2FN5O3.C18H18FN5O3/c1-9-4-11(6-12(14(9)22-2)16(27)28-3)29-15-13(21)5-10(7-23-15)8-26-18(20)24-17(19)25-26;1-11-4-13(6-14(16(11)20-2)18(25)26-3)27-17-15(19)5-12(7-22-17)8-24-10-21-9-23-24/h4-7,22H,8H2,1-3H3;4-7,9-10,20H,8H2,1-3H3. The van der Waals surface area contributed by atoms with Crippen molar-refractivity contribution in [2.45, 2.75) is 26.9 Å². The number of esters is 2. The maximum Gasteiger partial charge on any atom is 0.340 e. The molecule has 0 aliphatic heterocycles. The predicted molar refractivity (Wildman–Crippen MR) is 206 cm³/mol. The molecule has 0 radical (unpaired) electrons. The van der Waals surface area contributed by atoms with Crippen LogP contribution in [-0.4, -0.2) is 79.8 Å². The highest BCUT2D eigenvalue weighted by molar-refractivity contribution is 9.11.